The van der Waals surface area contributed by atoms with Gasteiger partial charge in [-0.15, -0.1) is 0 Å². The molecular formula is C28H31N5O2. The number of benzene rings is 2. The predicted octanol–water partition coefficient (Wildman–Crippen LogP) is 4.45. The number of carbonyl (C=O) groups is 1. The number of rotatable bonds is 7. The maximum absolute atomic E-state index is 11.8. The van der Waals surface area contributed by atoms with Crippen LogP contribution in [-0.2, 0) is 9.53 Å². The third kappa shape index (κ3) is 4.91. The van der Waals surface area contributed by atoms with Gasteiger partial charge in [-0.05, 0) is 19.4 Å². The molecule has 0 amide bonds. The summed E-state index contributed by atoms with van der Waals surface area (Å²) in [7, 11) is 0. The van der Waals surface area contributed by atoms with Crippen LogP contribution in [0.1, 0.15) is 19.0 Å². The smallest absolute Gasteiger partial charge is 0.307 e. The molecular weight excluding hydrogens is 438 g/mol. The first-order valence-electron chi connectivity index (χ1n) is 12.3. The number of piperazine rings is 1. The SMILES string of the molecule is CCOC(=O)CCN1CCN(c2cc(-c3ccccc3)nc3c(-c4ccccc4)c(C)nn23)CC1. The maximum atomic E-state index is 11.8. The third-order valence-corrected chi connectivity index (χ3v) is 6.51. The van der Waals surface area contributed by atoms with Crippen LogP contribution in [0, 0.1) is 6.92 Å². The first-order chi connectivity index (χ1) is 17.1. The fourth-order valence-corrected chi connectivity index (χ4v) is 4.72. The van der Waals surface area contributed by atoms with Gasteiger partial charge in [0.25, 0.3) is 0 Å². The van der Waals surface area contributed by atoms with E-state index in [0.29, 0.717) is 13.0 Å². The molecule has 4 aromatic rings. The molecule has 1 fully saturated rings. The van der Waals surface area contributed by atoms with E-state index >= 15 is 0 Å². The Bertz CT molecular complexity index is 1300. The molecule has 1 aliphatic rings. The number of carbonyl (C=O) groups excluding carboxylic acids is 1. The molecule has 0 spiro atoms. The zero-order valence-corrected chi connectivity index (χ0v) is 20.4. The van der Waals surface area contributed by atoms with Crippen LogP contribution < -0.4 is 4.90 Å². The van der Waals surface area contributed by atoms with Crippen LogP contribution >= 0.6 is 0 Å². The largest absolute Gasteiger partial charge is 0.466 e. The molecule has 3 heterocycles. The van der Waals surface area contributed by atoms with Gasteiger partial charge < -0.3 is 9.64 Å². The van der Waals surface area contributed by atoms with E-state index in [0.717, 1.165) is 72.3 Å². The van der Waals surface area contributed by atoms with E-state index < -0.39 is 0 Å². The number of ether oxygens (including phenoxy) is 1. The predicted molar refractivity (Wildman–Crippen MR) is 138 cm³/mol. The van der Waals surface area contributed by atoms with Crippen molar-refractivity contribution in [1.29, 1.82) is 0 Å². The van der Waals surface area contributed by atoms with E-state index in [1.165, 1.54) is 0 Å². The van der Waals surface area contributed by atoms with Crippen molar-refractivity contribution < 1.29 is 9.53 Å². The standard InChI is InChI=1S/C28H31N5O2/c1-3-35-26(34)14-15-31-16-18-32(19-17-31)25-20-24(22-10-6-4-7-11-22)29-28-27(21(2)30-33(25)28)23-12-8-5-9-13-23/h4-13,20H,3,14-19H2,1-2H3. The molecule has 0 bridgehead atoms. The van der Waals surface area contributed by atoms with Gasteiger partial charge in [0.15, 0.2) is 5.65 Å². The lowest BCUT2D eigenvalue weighted by molar-refractivity contribution is -0.143. The highest BCUT2D eigenvalue weighted by Crippen LogP contribution is 2.32. The minimum absolute atomic E-state index is 0.126. The molecule has 0 radical (unpaired) electrons. The van der Waals surface area contributed by atoms with Crippen molar-refractivity contribution in [3.8, 4) is 22.4 Å². The molecule has 0 atom stereocenters. The lowest BCUT2D eigenvalue weighted by Gasteiger charge is -2.36. The number of fused-ring (bicyclic) bond motifs is 1. The molecule has 1 saturated heterocycles. The summed E-state index contributed by atoms with van der Waals surface area (Å²) in [5, 5.41) is 4.94. The number of esters is 1. The van der Waals surface area contributed by atoms with Gasteiger partial charge in [0.1, 0.15) is 5.82 Å². The Labute approximate surface area is 206 Å². The van der Waals surface area contributed by atoms with E-state index in [1.807, 2.05) is 35.7 Å². The highest BCUT2D eigenvalue weighted by atomic mass is 16.5. The first kappa shape index (κ1) is 23.1. The van der Waals surface area contributed by atoms with Gasteiger partial charge in [-0.25, -0.2) is 4.98 Å². The van der Waals surface area contributed by atoms with Crippen LogP contribution in [0.25, 0.3) is 28.0 Å². The number of nitrogens with zero attached hydrogens (tertiary/aromatic N) is 5. The van der Waals surface area contributed by atoms with Crippen LogP contribution in [0.4, 0.5) is 5.82 Å². The van der Waals surface area contributed by atoms with Gasteiger partial charge in [-0.1, -0.05) is 60.7 Å². The van der Waals surface area contributed by atoms with Gasteiger partial charge in [0, 0.05) is 49.9 Å². The number of hydrogen-bond donors (Lipinski definition) is 0. The average molecular weight is 470 g/mol. The summed E-state index contributed by atoms with van der Waals surface area (Å²) in [4.78, 5) is 21.6. The van der Waals surface area contributed by atoms with Crippen molar-refractivity contribution in [3.63, 3.8) is 0 Å². The minimum Gasteiger partial charge on any atom is -0.466 e. The van der Waals surface area contributed by atoms with Crippen LogP contribution in [0.15, 0.2) is 66.7 Å². The summed E-state index contributed by atoms with van der Waals surface area (Å²) in [6.45, 7) is 8.54. The van der Waals surface area contributed by atoms with E-state index in [4.69, 9.17) is 14.8 Å². The summed E-state index contributed by atoms with van der Waals surface area (Å²) in [6.07, 6.45) is 0.435. The fourth-order valence-electron chi connectivity index (χ4n) is 4.72. The number of anilines is 1. The van der Waals surface area contributed by atoms with Gasteiger partial charge in [-0.3, -0.25) is 9.69 Å². The average Bonchev–Trinajstić information content (AvgIpc) is 3.24. The third-order valence-electron chi connectivity index (χ3n) is 6.51. The molecule has 0 saturated carbocycles. The van der Waals surface area contributed by atoms with Crippen molar-refractivity contribution in [2.45, 2.75) is 20.3 Å². The molecule has 0 N–H and O–H groups in total. The molecule has 2 aromatic heterocycles. The van der Waals surface area contributed by atoms with Crippen molar-refractivity contribution in [1.82, 2.24) is 19.5 Å². The fraction of sp³-hybridized carbons (Fsp3) is 0.321. The molecule has 7 heteroatoms. The molecule has 180 valence electrons. The van der Waals surface area contributed by atoms with Gasteiger partial charge in [0.05, 0.1) is 24.4 Å². The zero-order chi connectivity index (χ0) is 24.2. The normalized spacial score (nSPS) is 14.4. The Kier molecular flexibility index (Phi) is 6.77. The van der Waals surface area contributed by atoms with Crippen molar-refractivity contribution in [3.05, 3.63) is 72.4 Å². The van der Waals surface area contributed by atoms with Crippen molar-refractivity contribution in [2.75, 3.05) is 44.2 Å². The zero-order valence-electron chi connectivity index (χ0n) is 20.4. The van der Waals surface area contributed by atoms with Crippen molar-refractivity contribution >= 4 is 17.4 Å². The topological polar surface area (TPSA) is 63.0 Å². The highest BCUT2D eigenvalue weighted by molar-refractivity contribution is 5.82. The number of aryl methyl sites for hydroxylation is 1. The van der Waals surface area contributed by atoms with E-state index in [1.54, 1.807) is 0 Å². The second-order valence-electron chi connectivity index (χ2n) is 8.81. The molecule has 7 nitrogen and oxygen atoms in total. The lowest BCUT2D eigenvalue weighted by atomic mass is 10.1. The number of hydrogen-bond acceptors (Lipinski definition) is 6. The highest BCUT2D eigenvalue weighted by Gasteiger charge is 2.24. The van der Waals surface area contributed by atoms with Gasteiger partial charge in [0.2, 0.25) is 0 Å². The molecule has 35 heavy (non-hydrogen) atoms. The van der Waals surface area contributed by atoms with Crippen LogP contribution in [-0.4, -0.2) is 64.8 Å². The van der Waals surface area contributed by atoms with Crippen molar-refractivity contribution in [2.24, 2.45) is 0 Å². The minimum atomic E-state index is -0.126. The Morgan fingerprint density at radius 3 is 2.26 bits per heavy atom. The van der Waals surface area contributed by atoms with Crippen LogP contribution in [0.5, 0.6) is 0 Å². The Morgan fingerprint density at radius 1 is 0.943 bits per heavy atom. The van der Waals surface area contributed by atoms with Gasteiger partial charge >= 0.3 is 5.97 Å². The summed E-state index contributed by atoms with van der Waals surface area (Å²) in [5.41, 5.74) is 6.04. The summed E-state index contributed by atoms with van der Waals surface area (Å²) in [5.74, 6) is 0.919. The Morgan fingerprint density at radius 2 is 1.60 bits per heavy atom. The lowest BCUT2D eigenvalue weighted by Crippen LogP contribution is -2.47. The maximum Gasteiger partial charge on any atom is 0.307 e. The summed E-state index contributed by atoms with van der Waals surface area (Å²) in [6, 6.07) is 22.8. The summed E-state index contributed by atoms with van der Waals surface area (Å²) < 4.78 is 7.08. The summed E-state index contributed by atoms with van der Waals surface area (Å²) >= 11 is 0. The Balaban J connectivity index is 1.49. The molecule has 1 aliphatic heterocycles. The second-order valence-corrected chi connectivity index (χ2v) is 8.81. The Hall–Kier alpha value is -3.71. The quantitative estimate of drug-likeness (QED) is 0.373. The number of aromatic nitrogens is 3. The van der Waals surface area contributed by atoms with Crippen LogP contribution in [0.2, 0.25) is 0 Å². The molecule has 0 unspecified atom stereocenters. The first-order valence-corrected chi connectivity index (χ1v) is 12.3. The van der Waals surface area contributed by atoms with E-state index in [9.17, 15) is 4.79 Å². The monoisotopic (exact) mass is 469 g/mol. The molecule has 2 aromatic carbocycles. The van der Waals surface area contributed by atoms with Crippen LogP contribution in [0.3, 0.4) is 0 Å². The van der Waals surface area contributed by atoms with Gasteiger partial charge in [-0.2, -0.15) is 9.61 Å². The van der Waals surface area contributed by atoms with E-state index in [2.05, 4.69) is 59.2 Å². The van der Waals surface area contributed by atoms with E-state index in [-0.39, 0.29) is 5.97 Å². The second kappa shape index (κ2) is 10.3. The molecule has 5 rings (SSSR count). The molecule has 0 aliphatic carbocycles.